The summed E-state index contributed by atoms with van der Waals surface area (Å²) in [7, 11) is 0. The van der Waals surface area contributed by atoms with E-state index in [9.17, 15) is 39.6 Å². The number of fused-ring (bicyclic) bond motifs is 5. The molecule has 274 valence electrons. The van der Waals surface area contributed by atoms with Gasteiger partial charge in [0.25, 0.3) is 0 Å². The van der Waals surface area contributed by atoms with Gasteiger partial charge >= 0.3 is 5.97 Å². The Morgan fingerprint density at radius 2 is 1.65 bits per heavy atom. The number of allylic oxidation sites excluding steroid dienone is 1. The zero-order chi connectivity index (χ0) is 36.9. The van der Waals surface area contributed by atoms with Crippen molar-refractivity contribution in [1.82, 2.24) is 0 Å². The van der Waals surface area contributed by atoms with E-state index in [0.29, 0.717) is 12.8 Å². The van der Waals surface area contributed by atoms with Gasteiger partial charge in [-0.1, -0.05) is 52.3 Å². The van der Waals surface area contributed by atoms with Crippen molar-refractivity contribution in [1.29, 1.82) is 0 Å². The Morgan fingerprint density at radius 3 is 2.24 bits per heavy atom. The summed E-state index contributed by atoms with van der Waals surface area (Å²) in [6.07, 6.45) is -0.431. The lowest BCUT2D eigenvalue weighted by molar-refractivity contribution is -0.262. The average Bonchev–Trinajstić information content (AvgIpc) is 3.19. The van der Waals surface area contributed by atoms with Crippen LogP contribution in [0, 0.1) is 39.4 Å². The maximum absolute atomic E-state index is 14.8. The standard InChI is InChI=1S/C38H56O11/c1-19-23(40)16-25(48-20(2)39)32(47-19)49-26-17-35(7)27-12-11-21-22(15-24(41)31(44)34(21,5)6)37(27,9)29(43)18-36(35,8)30(26)38(10,46)28(42)13-14-33(3,4)45/h11,13-14,19,22,24-27,30-32,41,44-46H,12,15-18H2,1-10H3/b14-13+/t19-,22+,24?,25-,26?,27-,30-,31?,32-,35-,36+,37-,38-/m0/s1. The molecule has 3 unspecified atom stereocenters. The van der Waals surface area contributed by atoms with E-state index in [2.05, 4.69) is 13.0 Å². The summed E-state index contributed by atoms with van der Waals surface area (Å²) in [6, 6.07) is 0. The molecule has 4 N–H and O–H groups in total. The molecule has 1 heterocycles. The Balaban J connectivity index is 1.63. The van der Waals surface area contributed by atoms with Gasteiger partial charge in [0.1, 0.15) is 17.5 Å². The number of aliphatic hydroxyl groups is 4. The van der Waals surface area contributed by atoms with Crippen LogP contribution >= 0.6 is 0 Å². The lowest BCUT2D eigenvalue weighted by Gasteiger charge is -2.65. The summed E-state index contributed by atoms with van der Waals surface area (Å²) in [5, 5.41) is 44.7. The second kappa shape index (κ2) is 12.2. The summed E-state index contributed by atoms with van der Waals surface area (Å²) >= 11 is 0. The molecule has 0 radical (unpaired) electrons. The van der Waals surface area contributed by atoms with Crippen LogP contribution in [0.1, 0.15) is 101 Å². The number of ether oxygens (including phenoxy) is 3. The molecule has 0 bridgehead atoms. The predicted octanol–water partition coefficient (Wildman–Crippen LogP) is 3.38. The second-order valence-electron chi connectivity index (χ2n) is 17.5. The molecule has 0 aromatic carbocycles. The normalized spacial score (nSPS) is 44.8. The van der Waals surface area contributed by atoms with Crippen LogP contribution in [0.4, 0.5) is 0 Å². The lowest BCUT2D eigenvalue weighted by atomic mass is 9.38. The highest BCUT2D eigenvalue weighted by Gasteiger charge is 2.75. The molecule has 4 aliphatic carbocycles. The summed E-state index contributed by atoms with van der Waals surface area (Å²) in [6.45, 7) is 17.0. The van der Waals surface area contributed by atoms with Crippen LogP contribution in [0.3, 0.4) is 0 Å². The Morgan fingerprint density at radius 1 is 1.02 bits per heavy atom. The molecule has 49 heavy (non-hydrogen) atoms. The SMILES string of the molecule is CC(=O)O[C@H]1CC(=O)[C@H](C)O[C@H]1OC1C[C@@]2(C)[C@@H]3CC=C4[C@@H](CC(O)C(O)C4(C)C)[C@]3(C)C(=O)C[C@]2(C)[C@H]1[C@@](C)(O)C(=O)/C=C/C(C)(C)O. The van der Waals surface area contributed by atoms with Gasteiger partial charge in [0.2, 0.25) is 0 Å². The summed E-state index contributed by atoms with van der Waals surface area (Å²) in [5.41, 5.74) is -5.82. The quantitative estimate of drug-likeness (QED) is 0.175. The number of esters is 1. The Bertz CT molecular complexity index is 1450. The van der Waals surface area contributed by atoms with Crippen molar-refractivity contribution in [3.8, 4) is 0 Å². The maximum Gasteiger partial charge on any atom is 0.303 e. The smallest absolute Gasteiger partial charge is 0.303 e. The second-order valence-corrected chi connectivity index (χ2v) is 17.5. The van der Waals surface area contributed by atoms with E-state index in [0.717, 1.165) is 11.6 Å². The van der Waals surface area contributed by atoms with Crippen LogP contribution in [-0.2, 0) is 33.4 Å². The van der Waals surface area contributed by atoms with Gasteiger partial charge in [0, 0.05) is 30.1 Å². The molecular weight excluding hydrogens is 632 g/mol. The highest BCUT2D eigenvalue weighted by molar-refractivity contribution is 5.97. The van der Waals surface area contributed by atoms with E-state index in [1.54, 1.807) is 6.92 Å². The fraction of sp³-hybridized carbons (Fsp3) is 0.789. The number of Topliss-reactive ketones (excluding diaryl/α,β-unsaturated/α-hetero) is 2. The van der Waals surface area contributed by atoms with Crippen molar-refractivity contribution >= 4 is 23.3 Å². The first-order valence-electron chi connectivity index (χ1n) is 17.6. The van der Waals surface area contributed by atoms with E-state index in [1.807, 2.05) is 27.7 Å². The topological polar surface area (TPSA) is 177 Å². The molecule has 5 rings (SSSR count). The molecule has 1 aliphatic heterocycles. The molecule has 0 spiro atoms. The minimum absolute atomic E-state index is 0.0102. The van der Waals surface area contributed by atoms with Gasteiger partial charge in [-0.3, -0.25) is 19.2 Å². The van der Waals surface area contributed by atoms with Crippen LogP contribution in [0.2, 0.25) is 0 Å². The van der Waals surface area contributed by atoms with Gasteiger partial charge in [0.15, 0.2) is 24.0 Å². The van der Waals surface area contributed by atoms with E-state index < -0.39 is 87.3 Å². The minimum Gasteiger partial charge on any atom is -0.457 e. The number of carbonyl (C=O) groups excluding carboxylic acids is 4. The van der Waals surface area contributed by atoms with Gasteiger partial charge in [0.05, 0.1) is 30.3 Å². The molecule has 4 fully saturated rings. The van der Waals surface area contributed by atoms with E-state index >= 15 is 0 Å². The molecule has 3 saturated carbocycles. The van der Waals surface area contributed by atoms with Gasteiger partial charge in [-0.05, 0) is 75.7 Å². The highest BCUT2D eigenvalue weighted by Crippen LogP contribution is 2.74. The number of hydrogen-bond acceptors (Lipinski definition) is 11. The van der Waals surface area contributed by atoms with Crippen LogP contribution in [0.15, 0.2) is 23.8 Å². The number of carbonyl (C=O) groups is 4. The molecule has 0 aromatic rings. The van der Waals surface area contributed by atoms with Gasteiger partial charge in [-0.2, -0.15) is 0 Å². The lowest BCUT2D eigenvalue weighted by Crippen LogP contribution is -2.65. The molecular formula is C38H56O11. The van der Waals surface area contributed by atoms with Crippen LogP contribution < -0.4 is 0 Å². The Hall–Kier alpha value is -2.28. The van der Waals surface area contributed by atoms with Crippen LogP contribution in [0.25, 0.3) is 0 Å². The first-order chi connectivity index (χ1) is 22.3. The first kappa shape index (κ1) is 38.0. The van der Waals surface area contributed by atoms with Gasteiger partial charge in [-0.15, -0.1) is 0 Å². The molecule has 1 saturated heterocycles. The van der Waals surface area contributed by atoms with Crippen molar-refractivity contribution < 1.29 is 53.8 Å². The van der Waals surface area contributed by atoms with Crippen molar-refractivity contribution in [2.45, 2.75) is 149 Å². The number of ketones is 3. The zero-order valence-electron chi connectivity index (χ0n) is 30.6. The Kier molecular flexibility index (Phi) is 9.42. The molecule has 0 amide bonds. The first-order valence-corrected chi connectivity index (χ1v) is 17.6. The minimum atomic E-state index is -2.08. The highest BCUT2D eigenvalue weighted by atomic mass is 16.7. The maximum atomic E-state index is 14.8. The number of aliphatic hydroxyl groups excluding tert-OH is 2. The van der Waals surface area contributed by atoms with Gasteiger partial charge in [-0.25, -0.2) is 0 Å². The monoisotopic (exact) mass is 688 g/mol. The number of hydrogen-bond donors (Lipinski definition) is 4. The number of rotatable bonds is 7. The molecule has 11 nitrogen and oxygen atoms in total. The van der Waals surface area contributed by atoms with Crippen LogP contribution in [0.5, 0.6) is 0 Å². The summed E-state index contributed by atoms with van der Waals surface area (Å²) in [5.74, 6) is -3.16. The zero-order valence-corrected chi connectivity index (χ0v) is 30.6. The van der Waals surface area contributed by atoms with Crippen molar-refractivity contribution in [2.24, 2.45) is 39.4 Å². The third kappa shape index (κ3) is 5.90. The van der Waals surface area contributed by atoms with Crippen molar-refractivity contribution in [3.63, 3.8) is 0 Å². The van der Waals surface area contributed by atoms with Gasteiger partial charge < -0.3 is 34.6 Å². The van der Waals surface area contributed by atoms with Crippen molar-refractivity contribution in [3.05, 3.63) is 23.8 Å². The average molecular weight is 689 g/mol. The fourth-order valence-corrected chi connectivity index (χ4v) is 10.7. The third-order valence-electron chi connectivity index (χ3n) is 13.5. The Labute approximate surface area is 289 Å². The molecule has 0 aromatic heterocycles. The third-order valence-corrected chi connectivity index (χ3v) is 13.5. The summed E-state index contributed by atoms with van der Waals surface area (Å²) in [4.78, 5) is 53.4. The van der Waals surface area contributed by atoms with Crippen molar-refractivity contribution in [2.75, 3.05) is 0 Å². The largest absolute Gasteiger partial charge is 0.457 e. The molecule has 13 atom stereocenters. The van der Waals surface area contributed by atoms with E-state index in [4.69, 9.17) is 14.2 Å². The fourth-order valence-electron chi connectivity index (χ4n) is 10.7. The van der Waals surface area contributed by atoms with E-state index in [1.165, 1.54) is 33.8 Å². The molecule has 11 heteroatoms. The molecule has 5 aliphatic rings. The predicted molar refractivity (Wildman–Crippen MR) is 178 cm³/mol. The van der Waals surface area contributed by atoms with E-state index in [-0.39, 0.29) is 42.7 Å². The summed E-state index contributed by atoms with van der Waals surface area (Å²) < 4.78 is 18.1. The van der Waals surface area contributed by atoms with Crippen LogP contribution in [-0.4, -0.2) is 91.8 Å².